The number of amides is 1. The summed E-state index contributed by atoms with van der Waals surface area (Å²) in [5.74, 6) is 2.82. The number of rotatable bonds is 6. The first-order valence-corrected chi connectivity index (χ1v) is 13.9. The number of fused-ring (bicyclic) bond motifs is 1. The normalized spacial score (nSPS) is 17.8. The number of hydrogen-bond acceptors (Lipinski definition) is 6. The standard InChI is InChI=1S/C22H22ClN3O4S3/c1-3-12-25-16-9-8-15(30-4-2)14-18(16)31-22(25)24-21(27)17-7-5-6-13-26(17)33(28,29)20-11-10-19(23)32-20/h1,8-11,14,17H,4-7,12-13H2,2H3. The molecule has 1 fully saturated rings. The molecule has 1 unspecified atom stereocenters. The fourth-order valence-electron chi connectivity index (χ4n) is 3.80. The quantitative estimate of drug-likeness (QED) is 0.455. The Morgan fingerprint density at radius 2 is 2.12 bits per heavy atom. The molecule has 33 heavy (non-hydrogen) atoms. The summed E-state index contributed by atoms with van der Waals surface area (Å²) < 4.78 is 36.4. The number of hydrogen-bond donors (Lipinski definition) is 0. The summed E-state index contributed by atoms with van der Waals surface area (Å²) in [5, 5.41) is 0. The van der Waals surface area contributed by atoms with Gasteiger partial charge in [0.2, 0.25) is 0 Å². The van der Waals surface area contributed by atoms with Crippen LogP contribution in [0.1, 0.15) is 26.2 Å². The van der Waals surface area contributed by atoms with E-state index in [0.717, 1.165) is 33.7 Å². The highest BCUT2D eigenvalue weighted by Gasteiger charge is 2.38. The molecule has 7 nitrogen and oxygen atoms in total. The van der Waals surface area contributed by atoms with Crippen LogP contribution in [0.3, 0.4) is 0 Å². The molecule has 174 valence electrons. The Balaban J connectivity index is 1.74. The minimum absolute atomic E-state index is 0.125. The molecule has 3 aromatic rings. The monoisotopic (exact) mass is 523 g/mol. The zero-order chi connectivity index (χ0) is 23.6. The zero-order valence-electron chi connectivity index (χ0n) is 17.9. The highest BCUT2D eigenvalue weighted by atomic mass is 35.5. The molecule has 1 atom stereocenters. The molecule has 3 heterocycles. The third-order valence-electron chi connectivity index (χ3n) is 5.27. The summed E-state index contributed by atoms with van der Waals surface area (Å²) in [5.41, 5.74) is 0.842. The van der Waals surface area contributed by atoms with Crippen LogP contribution in [0.4, 0.5) is 0 Å². The number of sulfonamides is 1. The van der Waals surface area contributed by atoms with Gasteiger partial charge >= 0.3 is 0 Å². The minimum Gasteiger partial charge on any atom is -0.494 e. The van der Waals surface area contributed by atoms with Crippen LogP contribution in [0.25, 0.3) is 10.2 Å². The van der Waals surface area contributed by atoms with Crippen LogP contribution in [0.5, 0.6) is 5.75 Å². The molecule has 1 saturated heterocycles. The maximum Gasteiger partial charge on any atom is 0.266 e. The van der Waals surface area contributed by atoms with E-state index < -0.39 is 22.0 Å². The van der Waals surface area contributed by atoms with E-state index in [4.69, 9.17) is 22.8 Å². The summed E-state index contributed by atoms with van der Waals surface area (Å²) in [7, 11) is -3.85. The van der Waals surface area contributed by atoms with E-state index in [2.05, 4.69) is 10.9 Å². The molecular formula is C22H22ClN3O4S3. The average Bonchev–Trinajstić information content (AvgIpc) is 3.38. The third-order valence-corrected chi connectivity index (χ3v) is 9.92. The molecular weight excluding hydrogens is 502 g/mol. The summed E-state index contributed by atoms with van der Waals surface area (Å²) in [6.45, 7) is 2.95. The Morgan fingerprint density at radius 3 is 2.82 bits per heavy atom. The van der Waals surface area contributed by atoms with Gasteiger partial charge in [0.25, 0.3) is 15.9 Å². The smallest absolute Gasteiger partial charge is 0.266 e. The predicted octanol–water partition coefficient (Wildman–Crippen LogP) is 4.12. The maximum atomic E-state index is 13.3. The average molecular weight is 524 g/mol. The summed E-state index contributed by atoms with van der Waals surface area (Å²) in [6, 6.07) is 7.76. The number of carbonyl (C=O) groups excluding carboxylic acids is 1. The molecule has 4 rings (SSSR count). The first-order chi connectivity index (χ1) is 15.8. The molecule has 0 bridgehead atoms. The second-order valence-corrected chi connectivity index (χ2v) is 12.2. The van der Waals surface area contributed by atoms with Crippen molar-refractivity contribution < 1.29 is 17.9 Å². The number of aromatic nitrogens is 1. The van der Waals surface area contributed by atoms with Crippen LogP contribution in [0.15, 0.2) is 39.5 Å². The van der Waals surface area contributed by atoms with Crippen molar-refractivity contribution in [3.63, 3.8) is 0 Å². The van der Waals surface area contributed by atoms with Gasteiger partial charge in [-0.1, -0.05) is 35.3 Å². The largest absolute Gasteiger partial charge is 0.494 e. The van der Waals surface area contributed by atoms with E-state index in [1.165, 1.54) is 21.7 Å². The van der Waals surface area contributed by atoms with Gasteiger partial charge < -0.3 is 9.30 Å². The van der Waals surface area contributed by atoms with Crippen molar-refractivity contribution in [2.24, 2.45) is 4.99 Å². The van der Waals surface area contributed by atoms with Crippen molar-refractivity contribution in [3.8, 4) is 18.1 Å². The number of thiophene rings is 1. The lowest BCUT2D eigenvalue weighted by molar-refractivity contribution is -0.122. The maximum absolute atomic E-state index is 13.3. The van der Waals surface area contributed by atoms with Gasteiger partial charge in [0.1, 0.15) is 16.0 Å². The number of piperidine rings is 1. The van der Waals surface area contributed by atoms with Gasteiger partial charge in [-0.15, -0.1) is 17.8 Å². The number of nitrogens with zero attached hydrogens (tertiary/aromatic N) is 3. The Labute approximate surface area is 205 Å². The molecule has 0 spiro atoms. The number of ether oxygens (including phenoxy) is 1. The lowest BCUT2D eigenvalue weighted by atomic mass is 10.0. The molecule has 0 radical (unpaired) electrons. The van der Waals surface area contributed by atoms with Crippen LogP contribution < -0.4 is 9.54 Å². The summed E-state index contributed by atoms with van der Waals surface area (Å²) >= 11 is 8.25. The summed E-state index contributed by atoms with van der Waals surface area (Å²) in [4.78, 5) is 18.1. The fraction of sp³-hybridized carbons (Fsp3) is 0.364. The third kappa shape index (κ3) is 4.88. The van der Waals surface area contributed by atoms with E-state index in [-0.39, 0.29) is 17.3 Å². The van der Waals surface area contributed by atoms with Gasteiger partial charge in [-0.2, -0.15) is 9.30 Å². The predicted molar refractivity (Wildman–Crippen MR) is 131 cm³/mol. The van der Waals surface area contributed by atoms with Gasteiger partial charge in [0.05, 0.1) is 27.7 Å². The van der Waals surface area contributed by atoms with Crippen molar-refractivity contribution in [2.75, 3.05) is 13.2 Å². The summed E-state index contributed by atoms with van der Waals surface area (Å²) in [6.07, 6.45) is 7.40. The van der Waals surface area contributed by atoms with Crippen LogP contribution in [-0.4, -0.2) is 42.4 Å². The molecule has 1 amide bonds. The van der Waals surface area contributed by atoms with E-state index in [0.29, 0.717) is 28.6 Å². The Hall–Kier alpha value is -2.16. The number of carbonyl (C=O) groups is 1. The van der Waals surface area contributed by atoms with Gasteiger partial charge in [-0.05, 0) is 50.1 Å². The van der Waals surface area contributed by atoms with Crippen molar-refractivity contribution in [1.82, 2.24) is 8.87 Å². The van der Waals surface area contributed by atoms with Gasteiger partial charge in [-0.25, -0.2) is 8.42 Å². The molecule has 1 aromatic carbocycles. The molecule has 0 N–H and O–H groups in total. The number of benzene rings is 1. The Kier molecular flexibility index (Phi) is 7.26. The van der Waals surface area contributed by atoms with Crippen LogP contribution in [0, 0.1) is 12.3 Å². The van der Waals surface area contributed by atoms with Crippen LogP contribution >= 0.6 is 34.3 Å². The van der Waals surface area contributed by atoms with Crippen LogP contribution in [-0.2, 0) is 21.4 Å². The second kappa shape index (κ2) is 9.99. The van der Waals surface area contributed by atoms with Gasteiger partial charge in [0, 0.05) is 6.54 Å². The molecule has 1 aliphatic rings. The molecule has 0 aliphatic carbocycles. The number of thiazole rings is 1. The van der Waals surface area contributed by atoms with Gasteiger partial charge in [0.15, 0.2) is 4.80 Å². The molecule has 11 heteroatoms. The topological polar surface area (TPSA) is 81.0 Å². The number of terminal acetylenes is 1. The first kappa shape index (κ1) is 24.0. The second-order valence-electron chi connectivity index (χ2n) is 7.37. The van der Waals surface area contributed by atoms with E-state index in [1.54, 1.807) is 10.6 Å². The van der Waals surface area contributed by atoms with E-state index in [1.807, 2.05) is 25.1 Å². The minimum atomic E-state index is -3.85. The van der Waals surface area contributed by atoms with E-state index in [9.17, 15) is 13.2 Å². The zero-order valence-corrected chi connectivity index (χ0v) is 21.1. The fourth-order valence-corrected chi connectivity index (χ4v) is 8.13. The van der Waals surface area contributed by atoms with Crippen molar-refractivity contribution in [2.45, 2.75) is 43.0 Å². The van der Waals surface area contributed by atoms with Gasteiger partial charge in [-0.3, -0.25) is 4.79 Å². The molecule has 1 aliphatic heterocycles. The lowest BCUT2D eigenvalue weighted by Gasteiger charge is -2.31. The Morgan fingerprint density at radius 1 is 1.30 bits per heavy atom. The van der Waals surface area contributed by atoms with Crippen molar-refractivity contribution >= 4 is 60.4 Å². The van der Waals surface area contributed by atoms with Crippen LogP contribution in [0.2, 0.25) is 4.34 Å². The van der Waals surface area contributed by atoms with Crippen molar-refractivity contribution in [3.05, 3.63) is 39.5 Å². The van der Waals surface area contributed by atoms with E-state index >= 15 is 0 Å². The highest BCUT2D eigenvalue weighted by Crippen LogP contribution is 2.32. The Bertz CT molecular complexity index is 1400. The first-order valence-electron chi connectivity index (χ1n) is 10.4. The highest BCUT2D eigenvalue weighted by molar-refractivity contribution is 7.91. The lowest BCUT2D eigenvalue weighted by Crippen LogP contribution is -2.47. The number of halogens is 1. The SMILES string of the molecule is C#CCn1c(=NC(=O)C2CCCCN2S(=O)(=O)c2ccc(Cl)s2)sc2cc(OCC)ccc21. The molecule has 2 aromatic heterocycles. The van der Waals surface area contributed by atoms with Crippen molar-refractivity contribution in [1.29, 1.82) is 0 Å². The molecule has 0 saturated carbocycles.